The summed E-state index contributed by atoms with van der Waals surface area (Å²) in [5.41, 5.74) is 6.20. The first-order valence-corrected chi connectivity index (χ1v) is 3.14. The lowest BCUT2D eigenvalue weighted by atomic mass is 10.2. The Morgan fingerprint density at radius 2 is 2.40 bits per heavy atom. The quantitative estimate of drug-likeness (QED) is 0.458. The van der Waals surface area contributed by atoms with E-state index in [-0.39, 0.29) is 5.91 Å². The molecule has 0 aromatic heterocycles. The van der Waals surface area contributed by atoms with Crippen molar-refractivity contribution in [3.8, 4) is 0 Å². The summed E-state index contributed by atoms with van der Waals surface area (Å²) in [5.74, 6) is -0.317. The molecule has 0 aromatic rings. The second kappa shape index (κ2) is 4.88. The van der Waals surface area contributed by atoms with E-state index >= 15 is 0 Å². The van der Waals surface area contributed by atoms with Crippen molar-refractivity contribution in [2.45, 2.75) is 13.3 Å². The van der Waals surface area contributed by atoms with E-state index < -0.39 is 0 Å². The molecule has 3 nitrogen and oxygen atoms in total. The second-order valence-electron chi connectivity index (χ2n) is 1.86. The normalized spacial score (nSPS) is 11.2. The third-order valence-electron chi connectivity index (χ3n) is 1.20. The number of amides is 1. The molecule has 2 N–H and O–H groups in total. The minimum Gasteiger partial charge on any atom is -0.327 e. The van der Waals surface area contributed by atoms with E-state index in [9.17, 15) is 4.79 Å². The molecule has 0 aliphatic rings. The summed E-state index contributed by atoms with van der Waals surface area (Å²) in [6.07, 6.45) is 2.21. The summed E-state index contributed by atoms with van der Waals surface area (Å²) < 4.78 is 0. The lowest BCUT2D eigenvalue weighted by Crippen LogP contribution is -2.03. The van der Waals surface area contributed by atoms with Gasteiger partial charge in [0.25, 0.3) is 5.91 Å². The zero-order valence-corrected chi connectivity index (χ0v) is 6.13. The van der Waals surface area contributed by atoms with Crippen LogP contribution in [0.3, 0.4) is 0 Å². The van der Waals surface area contributed by atoms with E-state index in [1.807, 2.05) is 6.92 Å². The SMILES string of the molecule is C=NC(=O)/C=C(/CC)CN. The van der Waals surface area contributed by atoms with Gasteiger partial charge in [-0.3, -0.25) is 4.79 Å². The predicted molar refractivity (Wildman–Crippen MR) is 42.0 cm³/mol. The molecule has 0 aliphatic heterocycles. The van der Waals surface area contributed by atoms with Gasteiger partial charge in [-0.05, 0) is 13.1 Å². The molecule has 0 spiro atoms. The lowest BCUT2D eigenvalue weighted by molar-refractivity contribution is -0.113. The molecule has 0 saturated carbocycles. The van der Waals surface area contributed by atoms with Gasteiger partial charge in [-0.25, -0.2) is 4.99 Å². The third kappa shape index (κ3) is 3.14. The molecule has 56 valence electrons. The molecule has 0 radical (unpaired) electrons. The van der Waals surface area contributed by atoms with Crippen molar-refractivity contribution in [1.82, 2.24) is 0 Å². The number of carbonyl (C=O) groups is 1. The molecule has 0 saturated heterocycles. The van der Waals surface area contributed by atoms with Crippen molar-refractivity contribution in [2.24, 2.45) is 10.7 Å². The van der Waals surface area contributed by atoms with Gasteiger partial charge >= 0.3 is 0 Å². The molecule has 10 heavy (non-hydrogen) atoms. The van der Waals surface area contributed by atoms with E-state index in [1.165, 1.54) is 6.08 Å². The Hall–Kier alpha value is -0.960. The molecule has 3 heteroatoms. The van der Waals surface area contributed by atoms with Gasteiger partial charge in [-0.15, -0.1) is 0 Å². The van der Waals surface area contributed by atoms with E-state index in [4.69, 9.17) is 5.73 Å². The Bertz CT molecular complexity index is 155. The molecular weight excluding hydrogens is 128 g/mol. The predicted octanol–water partition coefficient (Wildman–Crippen LogP) is 0.509. The van der Waals surface area contributed by atoms with Crippen molar-refractivity contribution >= 4 is 12.6 Å². The standard InChI is InChI=1S/C7H12N2O/c1-3-6(5-8)4-7(10)9-2/h4H,2-3,5,8H2,1H3/b6-4-. The van der Waals surface area contributed by atoms with Gasteiger partial charge in [0, 0.05) is 12.6 Å². The number of nitrogens with zero attached hydrogens (tertiary/aromatic N) is 1. The summed E-state index contributed by atoms with van der Waals surface area (Å²) in [4.78, 5) is 13.8. The molecule has 1 amide bonds. The van der Waals surface area contributed by atoms with Gasteiger partial charge < -0.3 is 5.73 Å². The highest BCUT2D eigenvalue weighted by atomic mass is 16.1. The molecule has 0 fully saturated rings. The van der Waals surface area contributed by atoms with Crippen LogP contribution >= 0.6 is 0 Å². The van der Waals surface area contributed by atoms with Gasteiger partial charge in [-0.1, -0.05) is 12.5 Å². The van der Waals surface area contributed by atoms with Crippen LogP contribution in [-0.2, 0) is 4.79 Å². The highest BCUT2D eigenvalue weighted by Crippen LogP contribution is 1.96. The fourth-order valence-electron chi connectivity index (χ4n) is 0.526. The average Bonchev–Trinajstić information content (AvgIpc) is 1.99. The summed E-state index contributed by atoms with van der Waals surface area (Å²) in [6, 6.07) is 0. The summed E-state index contributed by atoms with van der Waals surface area (Å²) in [7, 11) is 0. The largest absolute Gasteiger partial charge is 0.327 e. The van der Waals surface area contributed by atoms with Crippen LogP contribution in [0.25, 0.3) is 0 Å². The molecule has 0 aromatic carbocycles. The van der Waals surface area contributed by atoms with E-state index in [0.717, 1.165) is 12.0 Å². The van der Waals surface area contributed by atoms with Crippen LogP contribution < -0.4 is 5.73 Å². The maximum atomic E-state index is 10.6. The minimum absolute atomic E-state index is 0.317. The summed E-state index contributed by atoms with van der Waals surface area (Å²) in [5, 5.41) is 0. The average molecular weight is 140 g/mol. The van der Waals surface area contributed by atoms with E-state index in [2.05, 4.69) is 11.7 Å². The third-order valence-corrected chi connectivity index (χ3v) is 1.20. The summed E-state index contributed by atoms with van der Waals surface area (Å²) >= 11 is 0. The molecule has 0 bridgehead atoms. The number of carbonyl (C=O) groups excluding carboxylic acids is 1. The van der Waals surface area contributed by atoms with Gasteiger partial charge in [0.2, 0.25) is 0 Å². The highest BCUT2D eigenvalue weighted by molar-refractivity contribution is 5.91. The van der Waals surface area contributed by atoms with Crippen LogP contribution in [0.4, 0.5) is 0 Å². The number of hydrogen-bond acceptors (Lipinski definition) is 2. The van der Waals surface area contributed by atoms with Gasteiger partial charge in [0.15, 0.2) is 0 Å². The minimum atomic E-state index is -0.317. The smallest absolute Gasteiger partial charge is 0.269 e. The van der Waals surface area contributed by atoms with Crippen LogP contribution in [0.1, 0.15) is 13.3 Å². The van der Waals surface area contributed by atoms with Gasteiger partial charge in [-0.2, -0.15) is 0 Å². The Kier molecular flexibility index (Phi) is 4.41. The monoisotopic (exact) mass is 140 g/mol. The number of rotatable bonds is 3. The molecule has 0 atom stereocenters. The van der Waals surface area contributed by atoms with Crippen LogP contribution in [0.15, 0.2) is 16.6 Å². The maximum absolute atomic E-state index is 10.6. The van der Waals surface area contributed by atoms with Gasteiger partial charge in [0.05, 0.1) is 0 Å². The molecular formula is C7H12N2O. The Labute approximate surface area is 60.6 Å². The van der Waals surface area contributed by atoms with Crippen LogP contribution in [0.5, 0.6) is 0 Å². The second-order valence-corrected chi connectivity index (χ2v) is 1.86. The van der Waals surface area contributed by atoms with Crippen molar-refractivity contribution < 1.29 is 4.79 Å². The lowest BCUT2D eigenvalue weighted by Gasteiger charge is -1.95. The topological polar surface area (TPSA) is 55.5 Å². The number of nitrogens with two attached hydrogens (primary N) is 1. The van der Waals surface area contributed by atoms with Crippen molar-refractivity contribution in [3.05, 3.63) is 11.6 Å². The maximum Gasteiger partial charge on any atom is 0.269 e. The van der Waals surface area contributed by atoms with E-state index in [0.29, 0.717) is 6.54 Å². The first kappa shape index (κ1) is 9.04. The zero-order valence-electron chi connectivity index (χ0n) is 6.13. The summed E-state index contributed by atoms with van der Waals surface area (Å²) in [6.45, 7) is 5.45. The molecule has 0 heterocycles. The fourth-order valence-corrected chi connectivity index (χ4v) is 0.526. The zero-order chi connectivity index (χ0) is 7.98. The first-order valence-electron chi connectivity index (χ1n) is 3.14. The molecule has 0 unspecified atom stereocenters. The Morgan fingerprint density at radius 1 is 1.80 bits per heavy atom. The Balaban J connectivity index is 4.09. The van der Waals surface area contributed by atoms with Crippen LogP contribution in [-0.4, -0.2) is 19.2 Å². The molecule has 0 rings (SSSR count). The Morgan fingerprint density at radius 3 is 2.70 bits per heavy atom. The fraction of sp³-hybridized carbons (Fsp3) is 0.429. The molecule has 0 aliphatic carbocycles. The number of hydrogen-bond donors (Lipinski definition) is 1. The van der Waals surface area contributed by atoms with Gasteiger partial charge in [0.1, 0.15) is 0 Å². The van der Waals surface area contributed by atoms with E-state index in [1.54, 1.807) is 0 Å². The van der Waals surface area contributed by atoms with Crippen LogP contribution in [0, 0.1) is 0 Å². The highest BCUT2D eigenvalue weighted by Gasteiger charge is 1.93. The van der Waals surface area contributed by atoms with Crippen molar-refractivity contribution in [3.63, 3.8) is 0 Å². The van der Waals surface area contributed by atoms with Crippen LogP contribution in [0.2, 0.25) is 0 Å². The number of aliphatic imine (C=N–C) groups is 1. The van der Waals surface area contributed by atoms with Crippen molar-refractivity contribution in [2.75, 3.05) is 6.54 Å². The van der Waals surface area contributed by atoms with Crippen molar-refractivity contribution in [1.29, 1.82) is 0 Å². The first-order chi connectivity index (χ1) is 4.74.